The molecule has 0 aromatic heterocycles. The van der Waals surface area contributed by atoms with Crippen molar-refractivity contribution in [2.75, 3.05) is 13.2 Å². The fraction of sp³-hybridized carbons (Fsp3) is 0.308. The molecule has 0 aliphatic rings. The molecule has 1 rings (SSSR count). The average Bonchev–Trinajstić information content (AvgIpc) is 2.27. The summed E-state index contributed by atoms with van der Waals surface area (Å²) in [5.74, 6) is 1.08. The lowest BCUT2D eigenvalue weighted by Crippen LogP contribution is -2.03. The number of carbonyl (C=O) groups excluding carboxylic acids is 1. The van der Waals surface area contributed by atoms with Gasteiger partial charge in [-0.2, -0.15) is 0 Å². The third-order valence-corrected chi connectivity index (χ3v) is 1.90. The molecule has 3 heteroatoms. The molecular formula is C13H16O3. The van der Waals surface area contributed by atoms with Gasteiger partial charge in [-0.15, -0.1) is 0 Å². The van der Waals surface area contributed by atoms with Gasteiger partial charge in [-0.05, 0) is 31.6 Å². The van der Waals surface area contributed by atoms with Crippen molar-refractivity contribution in [2.24, 2.45) is 0 Å². The molecule has 0 saturated carbocycles. The molecule has 0 atom stereocenters. The quantitative estimate of drug-likeness (QED) is 0.546. The Bertz CT molecular complexity index is 383. The molecule has 0 N–H and O–H groups in total. The number of benzene rings is 1. The zero-order chi connectivity index (χ0) is 12.0. The van der Waals surface area contributed by atoms with Gasteiger partial charge in [0.15, 0.2) is 17.8 Å². The van der Waals surface area contributed by atoms with Crippen LogP contribution in [-0.4, -0.2) is 19.5 Å². The lowest BCUT2D eigenvalue weighted by atomic mass is 10.2. The van der Waals surface area contributed by atoms with E-state index in [9.17, 15) is 4.79 Å². The number of hydrogen-bond donors (Lipinski definition) is 0. The van der Waals surface area contributed by atoms with Crippen molar-refractivity contribution in [3.8, 4) is 11.5 Å². The molecule has 0 heterocycles. The molecule has 0 bridgehead atoms. The van der Waals surface area contributed by atoms with Crippen LogP contribution in [0.15, 0.2) is 30.4 Å². The Hall–Kier alpha value is -1.77. The maximum Gasteiger partial charge on any atom is 0.172 e. The van der Waals surface area contributed by atoms with Crippen molar-refractivity contribution in [2.45, 2.75) is 13.8 Å². The first-order valence-corrected chi connectivity index (χ1v) is 5.17. The number of aldehydes is 1. The second-order valence-corrected chi connectivity index (χ2v) is 3.47. The number of para-hydroxylation sites is 1. The molecule has 0 amide bonds. The molecule has 0 aliphatic heterocycles. The van der Waals surface area contributed by atoms with Crippen molar-refractivity contribution < 1.29 is 14.3 Å². The Kier molecular flexibility index (Phi) is 4.58. The Morgan fingerprint density at radius 1 is 1.44 bits per heavy atom. The van der Waals surface area contributed by atoms with Crippen molar-refractivity contribution >= 4 is 6.29 Å². The Balaban J connectivity index is 2.98. The molecule has 1 aromatic rings. The van der Waals surface area contributed by atoms with Crippen LogP contribution in [0.3, 0.4) is 0 Å². The maximum absolute atomic E-state index is 10.9. The molecule has 3 nitrogen and oxygen atoms in total. The maximum atomic E-state index is 10.9. The van der Waals surface area contributed by atoms with Crippen LogP contribution in [0, 0.1) is 0 Å². The zero-order valence-corrected chi connectivity index (χ0v) is 9.66. The minimum absolute atomic E-state index is 0.380. The molecular weight excluding hydrogens is 204 g/mol. The third-order valence-electron chi connectivity index (χ3n) is 1.90. The van der Waals surface area contributed by atoms with E-state index in [1.165, 1.54) is 0 Å². The van der Waals surface area contributed by atoms with Crippen molar-refractivity contribution in [3.05, 3.63) is 35.9 Å². The monoisotopic (exact) mass is 220 g/mol. The predicted octanol–water partition coefficient (Wildman–Crippen LogP) is 2.85. The topological polar surface area (TPSA) is 35.5 Å². The standard InChI is InChI=1S/C13H16O3/c1-4-15-12-7-5-6-11(8-14)13(12)16-9-10(2)3/h5-8H,2,4,9H2,1,3H3. The van der Waals surface area contributed by atoms with E-state index in [0.29, 0.717) is 30.3 Å². The van der Waals surface area contributed by atoms with E-state index in [-0.39, 0.29) is 0 Å². The lowest BCUT2D eigenvalue weighted by Gasteiger charge is -2.13. The van der Waals surface area contributed by atoms with Crippen molar-refractivity contribution in [1.29, 1.82) is 0 Å². The second-order valence-electron chi connectivity index (χ2n) is 3.47. The number of hydrogen-bond acceptors (Lipinski definition) is 3. The first kappa shape index (κ1) is 12.3. The normalized spacial score (nSPS) is 9.62. The second kappa shape index (κ2) is 5.95. The fourth-order valence-corrected chi connectivity index (χ4v) is 1.24. The zero-order valence-electron chi connectivity index (χ0n) is 9.66. The fourth-order valence-electron chi connectivity index (χ4n) is 1.24. The van der Waals surface area contributed by atoms with Crippen LogP contribution in [-0.2, 0) is 0 Å². The van der Waals surface area contributed by atoms with Crippen LogP contribution in [0.25, 0.3) is 0 Å². The number of rotatable bonds is 6. The SMILES string of the molecule is C=C(C)COc1c(C=O)cccc1OCC. The molecule has 16 heavy (non-hydrogen) atoms. The minimum atomic E-state index is 0.380. The molecule has 1 aromatic carbocycles. The highest BCUT2D eigenvalue weighted by Crippen LogP contribution is 2.30. The van der Waals surface area contributed by atoms with E-state index in [4.69, 9.17) is 9.47 Å². The molecule has 0 saturated heterocycles. The van der Waals surface area contributed by atoms with Gasteiger partial charge in [-0.3, -0.25) is 4.79 Å². The Morgan fingerprint density at radius 3 is 2.75 bits per heavy atom. The summed E-state index contributed by atoms with van der Waals surface area (Å²) in [5, 5.41) is 0. The average molecular weight is 220 g/mol. The van der Waals surface area contributed by atoms with Crippen molar-refractivity contribution in [1.82, 2.24) is 0 Å². The van der Waals surface area contributed by atoms with E-state index >= 15 is 0 Å². The van der Waals surface area contributed by atoms with E-state index in [2.05, 4.69) is 6.58 Å². The smallest absolute Gasteiger partial charge is 0.172 e. The molecule has 0 unspecified atom stereocenters. The van der Waals surface area contributed by atoms with Gasteiger partial charge in [0, 0.05) is 0 Å². The van der Waals surface area contributed by atoms with Crippen LogP contribution in [0.2, 0.25) is 0 Å². The van der Waals surface area contributed by atoms with Gasteiger partial charge in [0.1, 0.15) is 6.61 Å². The van der Waals surface area contributed by atoms with Crippen molar-refractivity contribution in [3.63, 3.8) is 0 Å². The van der Waals surface area contributed by atoms with Crippen LogP contribution in [0.1, 0.15) is 24.2 Å². The van der Waals surface area contributed by atoms with Crippen LogP contribution in [0.5, 0.6) is 11.5 Å². The third kappa shape index (κ3) is 3.12. The molecule has 0 fully saturated rings. The summed E-state index contributed by atoms with van der Waals surface area (Å²) in [4.78, 5) is 10.9. The Labute approximate surface area is 95.7 Å². The minimum Gasteiger partial charge on any atom is -0.490 e. The highest BCUT2D eigenvalue weighted by atomic mass is 16.5. The highest BCUT2D eigenvalue weighted by Gasteiger charge is 2.10. The van der Waals surface area contributed by atoms with Gasteiger partial charge >= 0.3 is 0 Å². The van der Waals surface area contributed by atoms with Gasteiger partial charge in [0.2, 0.25) is 0 Å². The summed E-state index contributed by atoms with van der Waals surface area (Å²) in [6.45, 7) is 8.41. The predicted molar refractivity (Wildman–Crippen MR) is 63.3 cm³/mol. The first-order chi connectivity index (χ1) is 7.69. The molecule has 0 spiro atoms. The molecule has 0 radical (unpaired) electrons. The van der Waals surface area contributed by atoms with Gasteiger partial charge < -0.3 is 9.47 Å². The van der Waals surface area contributed by atoms with Gasteiger partial charge in [-0.25, -0.2) is 0 Å². The van der Waals surface area contributed by atoms with Gasteiger partial charge in [0.25, 0.3) is 0 Å². The van der Waals surface area contributed by atoms with E-state index < -0.39 is 0 Å². The summed E-state index contributed by atoms with van der Waals surface area (Å²) in [6, 6.07) is 5.25. The lowest BCUT2D eigenvalue weighted by molar-refractivity contribution is 0.111. The van der Waals surface area contributed by atoms with Gasteiger partial charge in [0.05, 0.1) is 12.2 Å². The largest absolute Gasteiger partial charge is 0.490 e. The van der Waals surface area contributed by atoms with Crippen LogP contribution < -0.4 is 9.47 Å². The summed E-state index contributed by atoms with van der Waals surface area (Å²) in [7, 11) is 0. The van der Waals surface area contributed by atoms with Gasteiger partial charge in [-0.1, -0.05) is 12.6 Å². The van der Waals surface area contributed by atoms with Crippen LogP contribution in [0.4, 0.5) is 0 Å². The molecule has 86 valence electrons. The summed E-state index contributed by atoms with van der Waals surface area (Å²) in [5.41, 5.74) is 1.38. The number of carbonyl (C=O) groups is 1. The first-order valence-electron chi connectivity index (χ1n) is 5.17. The summed E-state index contributed by atoms with van der Waals surface area (Å²) in [6.07, 6.45) is 0.760. The molecule has 0 aliphatic carbocycles. The van der Waals surface area contributed by atoms with E-state index in [1.54, 1.807) is 18.2 Å². The summed E-state index contributed by atoms with van der Waals surface area (Å²) < 4.78 is 10.9. The highest BCUT2D eigenvalue weighted by molar-refractivity contribution is 5.81. The van der Waals surface area contributed by atoms with E-state index in [0.717, 1.165) is 11.9 Å². The Morgan fingerprint density at radius 2 is 2.19 bits per heavy atom. The van der Waals surface area contributed by atoms with E-state index in [1.807, 2.05) is 13.8 Å². The summed E-state index contributed by atoms with van der Waals surface area (Å²) >= 11 is 0. The van der Waals surface area contributed by atoms with Crippen LogP contribution >= 0.6 is 0 Å². The number of ether oxygens (including phenoxy) is 2.